The topological polar surface area (TPSA) is 85.1 Å². The van der Waals surface area contributed by atoms with Crippen molar-refractivity contribution in [1.29, 1.82) is 0 Å². The maximum Gasteiger partial charge on any atom is 0.240 e. The number of halogens is 1. The van der Waals surface area contributed by atoms with Gasteiger partial charge in [-0.1, -0.05) is 0 Å². The second-order valence-corrected chi connectivity index (χ2v) is 7.21. The van der Waals surface area contributed by atoms with Gasteiger partial charge in [-0.05, 0) is 25.1 Å². The summed E-state index contributed by atoms with van der Waals surface area (Å²) in [5, 5.41) is 0.867. The zero-order valence-electron chi connectivity index (χ0n) is 10.8. The van der Waals surface area contributed by atoms with E-state index in [1.165, 1.54) is 23.5 Å². The predicted molar refractivity (Wildman–Crippen MR) is 75.2 cm³/mol. The first-order valence-electron chi connectivity index (χ1n) is 5.82. The molecule has 0 spiro atoms. The first-order chi connectivity index (χ1) is 9.42. The third kappa shape index (κ3) is 3.40. The number of thiazole rings is 1. The van der Waals surface area contributed by atoms with Crippen LogP contribution in [-0.2, 0) is 23.1 Å². The lowest BCUT2D eigenvalue weighted by atomic mass is 10.2. The molecule has 0 saturated carbocycles. The molecule has 1 aromatic heterocycles. The molecule has 2 rings (SSSR count). The largest absolute Gasteiger partial charge is 0.326 e. The van der Waals surface area contributed by atoms with Crippen LogP contribution in [0.25, 0.3) is 0 Å². The van der Waals surface area contributed by atoms with Crippen molar-refractivity contribution >= 4 is 21.4 Å². The highest BCUT2D eigenvalue weighted by molar-refractivity contribution is 7.89. The van der Waals surface area contributed by atoms with Gasteiger partial charge in [0, 0.05) is 29.7 Å². The summed E-state index contributed by atoms with van der Waals surface area (Å²) < 4.78 is 40.0. The van der Waals surface area contributed by atoms with E-state index in [0.717, 1.165) is 16.0 Å². The van der Waals surface area contributed by atoms with Crippen LogP contribution < -0.4 is 10.5 Å². The van der Waals surface area contributed by atoms with E-state index in [4.69, 9.17) is 5.73 Å². The maximum atomic E-state index is 13.3. The fraction of sp³-hybridized carbons (Fsp3) is 0.250. The van der Waals surface area contributed by atoms with E-state index in [2.05, 4.69) is 9.71 Å². The van der Waals surface area contributed by atoms with Crippen LogP contribution in [0.3, 0.4) is 0 Å². The highest BCUT2D eigenvalue weighted by Gasteiger charge is 2.16. The monoisotopic (exact) mass is 315 g/mol. The SMILES string of the molecule is Cc1ncc(CNS(=O)(=O)c2ccc(F)c(CN)c2)s1. The molecule has 0 amide bonds. The van der Waals surface area contributed by atoms with Crippen molar-refractivity contribution in [1.82, 2.24) is 9.71 Å². The van der Waals surface area contributed by atoms with Crippen LogP contribution in [0.1, 0.15) is 15.4 Å². The Bertz CT molecular complexity index is 713. The van der Waals surface area contributed by atoms with Crippen LogP contribution in [0.2, 0.25) is 0 Å². The molecular weight excluding hydrogens is 301 g/mol. The first kappa shape index (κ1) is 15.0. The van der Waals surface area contributed by atoms with Gasteiger partial charge < -0.3 is 5.73 Å². The van der Waals surface area contributed by atoms with Gasteiger partial charge >= 0.3 is 0 Å². The van der Waals surface area contributed by atoms with Gasteiger partial charge in [-0.2, -0.15) is 0 Å². The van der Waals surface area contributed by atoms with Crippen LogP contribution in [-0.4, -0.2) is 13.4 Å². The number of hydrogen-bond acceptors (Lipinski definition) is 5. The molecule has 3 N–H and O–H groups in total. The van der Waals surface area contributed by atoms with E-state index < -0.39 is 15.8 Å². The molecule has 2 aromatic rings. The highest BCUT2D eigenvalue weighted by Crippen LogP contribution is 2.16. The molecule has 1 aromatic carbocycles. The zero-order valence-corrected chi connectivity index (χ0v) is 12.4. The summed E-state index contributed by atoms with van der Waals surface area (Å²) in [7, 11) is -3.69. The van der Waals surface area contributed by atoms with Gasteiger partial charge in [0.05, 0.1) is 9.90 Å². The number of aryl methyl sites for hydroxylation is 1. The standard InChI is InChI=1S/C12H14FN3O2S2/c1-8-15-6-10(19-8)7-16-20(17,18)11-2-3-12(13)9(4-11)5-14/h2-4,6,16H,5,7,14H2,1H3. The molecule has 0 bridgehead atoms. The smallest absolute Gasteiger partial charge is 0.240 e. The molecule has 0 aliphatic carbocycles. The lowest BCUT2D eigenvalue weighted by Crippen LogP contribution is -2.23. The molecule has 8 heteroatoms. The van der Waals surface area contributed by atoms with E-state index >= 15 is 0 Å². The summed E-state index contributed by atoms with van der Waals surface area (Å²) >= 11 is 1.42. The molecule has 20 heavy (non-hydrogen) atoms. The number of nitrogens with one attached hydrogen (secondary N) is 1. The Morgan fingerprint density at radius 1 is 1.45 bits per heavy atom. The number of hydrogen-bond donors (Lipinski definition) is 2. The van der Waals surface area contributed by atoms with Gasteiger partial charge in [0.2, 0.25) is 10.0 Å². The van der Waals surface area contributed by atoms with Crippen molar-refractivity contribution in [2.24, 2.45) is 5.73 Å². The van der Waals surface area contributed by atoms with Gasteiger partial charge in [-0.3, -0.25) is 0 Å². The molecule has 0 fully saturated rings. The second kappa shape index (κ2) is 5.96. The fourth-order valence-electron chi connectivity index (χ4n) is 1.61. The zero-order chi connectivity index (χ0) is 14.8. The van der Waals surface area contributed by atoms with Gasteiger partial charge in [0.25, 0.3) is 0 Å². The first-order valence-corrected chi connectivity index (χ1v) is 8.12. The molecule has 5 nitrogen and oxygen atoms in total. The number of nitrogens with two attached hydrogens (primary N) is 1. The van der Waals surface area contributed by atoms with Crippen molar-refractivity contribution in [3.63, 3.8) is 0 Å². The Labute approximate surface area is 120 Å². The lowest BCUT2D eigenvalue weighted by Gasteiger charge is -2.07. The second-order valence-electron chi connectivity index (χ2n) is 4.13. The summed E-state index contributed by atoms with van der Waals surface area (Å²) in [5.74, 6) is -0.510. The van der Waals surface area contributed by atoms with E-state index in [1.54, 1.807) is 6.20 Å². The highest BCUT2D eigenvalue weighted by atomic mass is 32.2. The fourth-order valence-corrected chi connectivity index (χ4v) is 3.49. The van der Waals surface area contributed by atoms with Crippen molar-refractivity contribution in [3.8, 4) is 0 Å². The molecule has 1 heterocycles. The van der Waals surface area contributed by atoms with E-state index in [-0.39, 0.29) is 23.5 Å². The van der Waals surface area contributed by atoms with Crippen LogP contribution in [0.5, 0.6) is 0 Å². The average Bonchev–Trinajstić information content (AvgIpc) is 2.83. The third-order valence-electron chi connectivity index (χ3n) is 2.65. The minimum atomic E-state index is -3.69. The van der Waals surface area contributed by atoms with Crippen LogP contribution >= 0.6 is 11.3 Å². The minimum absolute atomic E-state index is 0.000544. The van der Waals surface area contributed by atoms with Gasteiger partial charge in [0.1, 0.15) is 5.82 Å². The Hall–Kier alpha value is -1.35. The number of benzene rings is 1. The molecule has 108 valence electrons. The van der Waals surface area contributed by atoms with Crippen LogP contribution in [0.4, 0.5) is 4.39 Å². The molecule has 0 aliphatic heterocycles. The number of nitrogens with zero attached hydrogens (tertiary/aromatic N) is 1. The molecule has 0 unspecified atom stereocenters. The van der Waals surface area contributed by atoms with Crippen molar-refractivity contribution in [3.05, 3.63) is 45.7 Å². The molecule has 0 atom stereocenters. The summed E-state index contributed by atoms with van der Waals surface area (Å²) in [4.78, 5) is 4.86. The normalized spacial score (nSPS) is 11.8. The summed E-state index contributed by atoms with van der Waals surface area (Å²) in [6, 6.07) is 3.57. The molecular formula is C12H14FN3O2S2. The Morgan fingerprint density at radius 3 is 2.80 bits per heavy atom. The van der Waals surface area contributed by atoms with E-state index in [0.29, 0.717) is 0 Å². The van der Waals surface area contributed by atoms with E-state index in [9.17, 15) is 12.8 Å². The van der Waals surface area contributed by atoms with Crippen molar-refractivity contribution in [2.75, 3.05) is 0 Å². The van der Waals surface area contributed by atoms with E-state index in [1.807, 2.05) is 6.92 Å². The third-order valence-corrected chi connectivity index (χ3v) is 4.96. The quantitative estimate of drug-likeness (QED) is 0.876. The molecule has 0 aliphatic rings. The molecule has 0 saturated heterocycles. The summed E-state index contributed by atoms with van der Waals surface area (Å²) in [5.41, 5.74) is 5.54. The van der Waals surface area contributed by atoms with Crippen molar-refractivity contribution in [2.45, 2.75) is 24.9 Å². The minimum Gasteiger partial charge on any atom is -0.326 e. The summed E-state index contributed by atoms with van der Waals surface area (Å²) in [6.07, 6.45) is 1.62. The number of aromatic nitrogens is 1. The summed E-state index contributed by atoms with van der Waals surface area (Å²) in [6.45, 7) is 1.95. The van der Waals surface area contributed by atoms with Crippen molar-refractivity contribution < 1.29 is 12.8 Å². The number of sulfonamides is 1. The Morgan fingerprint density at radius 2 is 2.20 bits per heavy atom. The average molecular weight is 315 g/mol. The van der Waals surface area contributed by atoms with Gasteiger partial charge in [-0.25, -0.2) is 22.5 Å². The molecule has 0 radical (unpaired) electrons. The van der Waals surface area contributed by atoms with Crippen LogP contribution in [0.15, 0.2) is 29.3 Å². The Balaban J connectivity index is 2.17. The van der Waals surface area contributed by atoms with Gasteiger partial charge in [0.15, 0.2) is 0 Å². The maximum absolute atomic E-state index is 13.3. The Kier molecular flexibility index (Phi) is 4.48. The van der Waals surface area contributed by atoms with Crippen LogP contribution in [0, 0.1) is 12.7 Å². The lowest BCUT2D eigenvalue weighted by molar-refractivity contribution is 0.579. The number of rotatable bonds is 5. The predicted octanol–water partition coefficient (Wildman–Crippen LogP) is 1.53. The van der Waals surface area contributed by atoms with Gasteiger partial charge in [-0.15, -0.1) is 11.3 Å².